The van der Waals surface area contributed by atoms with Gasteiger partial charge in [-0.15, -0.1) is 0 Å². The lowest BCUT2D eigenvalue weighted by atomic mass is 10.2. The lowest BCUT2D eigenvalue weighted by Gasteiger charge is -2.26. The Kier molecular flexibility index (Phi) is 9.83. The Bertz CT molecular complexity index is 562. The molecule has 0 radical (unpaired) electrons. The van der Waals surface area contributed by atoms with Gasteiger partial charge in [-0.1, -0.05) is 39.5 Å². The molecule has 1 amide bonds. The van der Waals surface area contributed by atoms with E-state index in [9.17, 15) is 18.0 Å². The molecule has 1 aromatic heterocycles. The third-order valence-electron chi connectivity index (χ3n) is 4.47. The summed E-state index contributed by atoms with van der Waals surface area (Å²) in [5, 5.41) is 6.20. The van der Waals surface area contributed by atoms with Gasteiger partial charge < -0.3 is 10.2 Å². The van der Waals surface area contributed by atoms with Gasteiger partial charge in [-0.25, -0.2) is 0 Å². The number of nitrogens with zero attached hydrogens (tertiary/aromatic N) is 3. The molecule has 0 aliphatic carbocycles. The van der Waals surface area contributed by atoms with E-state index in [1.807, 2.05) is 6.92 Å². The fraction of sp³-hybridized carbons (Fsp3) is 0.789. The minimum atomic E-state index is -4.56. The van der Waals surface area contributed by atoms with Gasteiger partial charge in [0.15, 0.2) is 5.69 Å². The van der Waals surface area contributed by atoms with Gasteiger partial charge in [-0.05, 0) is 32.9 Å². The Morgan fingerprint density at radius 3 is 2.19 bits per heavy atom. The summed E-state index contributed by atoms with van der Waals surface area (Å²) in [7, 11) is 1.34. The number of carbonyl (C=O) groups is 1. The third-order valence-corrected chi connectivity index (χ3v) is 4.47. The summed E-state index contributed by atoms with van der Waals surface area (Å²) in [6.07, 6.45) is 2.30. The van der Waals surface area contributed by atoms with Crippen LogP contribution in [0.2, 0.25) is 0 Å². The summed E-state index contributed by atoms with van der Waals surface area (Å²) >= 11 is 0. The number of halogens is 3. The number of nitrogens with one attached hydrogen (secondary N) is 1. The highest BCUT2D eigenvalue weighted by Gasteiger charge is 2.35. The topological polar surface area (TPSA) is 50.2 Å². The molecule has 27 heavy (non-hydrogen) atoms. The van der Waals surface area contributed by atoms with E-state index in [0.717, 1.165) is 49.5 Å². The van der Waals surface area contributed by atoms with Crippen molar-refractivity contribution in [3.8, 4) is 0 Å². The van der Waals surface area contributed by atoms with Crippen molar-refractivity contribution in [2.45, 2.75) is 71.5 Å². The monoisotopic (exact) mass is 390 g/mol. The van der Waals surface area contributed by atoms with Gasteiger partial charge in [-0.2, -0.15) is 18.3 Å². The number of rotatable bonds is 12. The molecule has 0 aromatic carbocycles. The van der Waals surface area contributed by atoms with Crippen LogP contribution < -0.4 is 5.32 Å². The molecular weight excluding hydrogens is 357 g/mol. The normalized spacial score (nSPS) is 13.2. The predicted octanol–water partition coefficient (Wildman–Crippen LogP) is 4.24. The lowest BCUT2D eigenvalue weighted by Crippen LogP contribution is -2.43. The van der Waals surface area contributed by atoms with Gasteiger partial charge in [0.2, 0.25) is 0 Å². The first kappa shape index (κ1) is 23.5. The first-order chi connectivity index (χ1) is 12.7. The van der Waals surface area contributed by atoms with Crippen LogP contribution in [0.4, 0.5) is 13.2 Å². The van der Waals surface area contributed by atoms with Crippen LogP contribution >= 0.6 is 0 Å². The van der Waals surface area contributed by atoms with E-state index in [1.165, 1.54) is 19.9 Å². The summed E-state index contributed by atoms with van der Waals surface area (Å²) in [5.74, 6) is -0.532. The van der Waals surface area contributed by atoms with Gasteiger partial charge in [0, 0.05) is 25.7 Å². The molecule has 0 saturated heterocycles. The number of aromatic nitrogens is 2. The minimum Gasteiger partial charge on any atom is -0.347 e. The van der Waals surface area contributed by atoms with Crippen molar-refractivity contribution in [1.29, 1.82) is 0 Å². The molecule has 0 bridgehead atoms. The van der Waals surface area contributed by atoms with E-state index in [-0.39, 0.29) is 11.7 Å². The second-order valence-electron chi connectivity index (χ2n) is 7.13. The van der Waals surface area contributed by atoms with Gasteiger partial charge in [0.25, 0.3) is 5.91 Å². The van der Waals surface area contributed by atoms with Crippen LogP contribution in [0, 0.1) is 0 Å². The molecule has 1 heterocycles. The van der Waals surface area contributed by atoms with E-state index < -0.39 is 17.8 Å². The van der Waals surface area contributed by atoms with Crippen LogP contribution in [-0.4, -0.2) is 46.3 Å². The average molecular weight is 390 g/mol. The van der Waals surface area contributed by atoms with Crippen LogP contribution in [0.3, 0.4) is 0 Å². The summed E-state index contributed by atoms with van der Waals surface area (Å²) in [4.78, 5) is 14.7. The highest BCUT2D eigenvalue weighted by atomic mass is 19.4. The van der Waals surface area contributed by atoms with Crippen LogP contribution in [-0.2, 0) is 13.2 Å². The molecule has 1 aromatic rings. The maximum Gasteiger partial charge on any atom is 0.435 e. The second kappa shape index (κ2) is 11.3. The summed E-state index contributed by atoms with van der Waals surface area (Å²) < 4.78 is 39.3. The van der Waals surface area contributed by atoms with E-state index in [4.69, 9.17) is 0 Å². The zero-order chi connectivity index (χ0) is 20.4. The predicted molar refractivity (Wildman–Crippen MR) is 101 cm³/mol. The zero-order valence-corrected chi connectivity index (χ0v) is 16.9. The van der Waals surface area contributed by atoms with Crippen molar-refractivity contribution in [1.82, 2.24) is 20.0 Å². The Balaban J connectivity index is 2.64. The van der Waals surface area contributed by atoms with E-state index >= 15 is 0 Å². The van der Waals surface area contributed by atoms with Crippen LogP contribution in [0.25, 0.3) is 0 Å². The van der Waals surface area contributed by atoms with Crippen molar-refractivity contribution < 1.29 is 18.0 Å². The molecule has 1 unspecified atom stereocenters. The molecule has 1 N–H and O–H groups in total. The quantitative estimate of drug-likeness (QED) is 0.543. The first-order valence-corrected chi connectivity index (χ1v) is 9.83. The van der Waals surface area contributed by atoms with Crippen molar-refractivity contribution in [3.05, 3.63) is 17.5 Å². The van der Waals surface area contributed by atoms with Gasteiger partial charge in [-0.3, -0.25) is 9.48 Å². The zero-order valence-electron chi connectivity index (χ0n) is 16.9. The molecule has 5 nitrogen and oxygen atoms in total. The fourth-order valence-electron chi connectivity index (χ4n) is 3.01. The number of amides is 1. The highest BCUT2D eigenvalue weighted by Crippen LogP contribution is 2.28. The van der Waals surface area contributed by atoms with Crippen molar-refractivity contribution in [2.24, 2.45) is 7.05 Å². The Hall–Kier alpha value is -1.57. The molecule has 8 heteroatoms. The molecule has 0 aliphatic heterocycles. The number of carbonyl (C=O) groups excluding carboxylic acids is 1. The number of alkyl halides is 3. The third kappa shape index (κ3) is 8.32. The van der Waals surface area contributed by atoms with E-state index in [1.54, 1.807) is 0 Å². The molecule has 156 valence electrons. The van der Waals surface area contributed by atoms with Crippen molar-refractivity contribution in [2.75, 3.05) is 19.6 Å². The number of hydrogen-bond acceptors (Lipinski definition) is 3. The number of hydrogen-bond donors (Lipinski definition) is 1. The maximum atomic E-state index is 12.8. The lowest BCUT2D eigenvalue weighted by molar-refractivity contribution is -0.141. The van der Waals surface area contributed by atoms with Gasteiger partial charge in [0.05, 0.1) is 0 Å². The molecule has 0 spiro atoms. The molecule has 1 atom stereocenters. The summed E-state index contributed by atoms with van der Waals surface area (Å²) in [5.41, 5.74) is -1.14. The summed E-state index contributed by atoms with van der Waals surface area (Å²) in [6.45, 7) is 8.83. The molecular formula is C19H33F3N4O. The Morgan fingerprint density at radius 1 is 1.19 bits per heavy atom. The Morgan fingerprint density at radius 2 is 1.74 bits per heavy atom. The van der Waals surface area contributed by atoms with Crippen molar-refractivity contribution in [3.63, 3.8) is 0 Å². The second-order valence-corrected chi connectivity index (χ2v) is 7.13. The van der Waals surface area contributed by atoms with E-state index in [2.05, 4.69) is 29.2 Å². The fourth-order valence-corrected chi connectivity index (χ4v) is 3.01. The number of unbranched alkanes of at least 4 members (excludes halogenated alkanes) is 4. The maximum absolute atomic E-state index is 12.8. The molecule has 0 saturated carbocycles. The largest absolute Gasteiger partial charge is 0.435 e. The van der Waals surface area contributed by atoms with Crippen molar-refractivity contribution >= 4 is 5.91 Å². The summed E-state index contributed by atoms with van der Waals surface area (Å²) in [6, 6.07) is 0.632. The van der Waals surface area contributed by atoms with Gasteiger partial charge in [0.1, 0.15) is 5.69 Å². The molecule has 0 fully saturated rings. The van der Waals surface area contributed by atoms with E-state index in [0.29, 0.717) is 6.54 Å². The van der Waals surface area contributed by atoms with Crippen LogP contribution in [0.1, 0.15) is 75.5 Å². The standard InChI is InChI=1S/C19H33F3N4O/c1-5-7-9-11-26(12-10-8-6-2)14-15(3)23-18(27)16-13-17(19(20,21)22)24-25(16)4/h13,15H,5-12,14H2,1-4H3,(H,23,27). The van der Waals surface area contributed by atoms with Gasteiger partial charge >= 0.3 is 6.18 Å². The average Bonchev–Trinajstić information content (AvgIpc) is 2.97. The minimum absolute atomic E-state index is 0.0855. The highest BCUT2D eigenvalue weighted by molar-refractivity contribution is 5.92. The van der Waals surface area contributed by atoms with Crippen LogP contribution in [0.5, 0.6) is 0 Å². The molecule has 1 rings (SSSR count). The molecule has 0 aliphatic rings. The number of aryl methyl sites for hydroxylation is 1. The first-order valence-electron chi connectivity index (χ1n) is 9.83. The smallest absolute Gasteiger partial charge is 0.347 e. The SMILES string of the molecule is CCCCCN(CCCCC)CC(C)NC(=O)c1cc(C(F)(F)F)nn1C. The Labute approximate surface area is 160 Å². The van der Waals surface area contributed by atoms with Crippen LogP contribution in [0.15, 0.2) is 6.07 Å².